The molecule has 3 aliphatic rings. The van der Waals surface area contributed by atoms with Crippen molar-refractivity contribution in [2.75, 3.05) is 4.90 Å². The first-order valence-electron chi connectivity index (χ1n) is 5.15. The van der Waals surface area contributed by atoms with Crippen LogP contribution in [0.3, 0.4) is 0 Å². The SMILES string of the molecule is Cc1ccc(N2C(=O)C3CC2C3)cc1. The Hall–Kier alpha value is -1.31. The lowest BCUT2D eigenvalue weighted by Crippen LogP contribution is -2.29. The van der Waals surface area contributed by atoms with Crippen molar-refractivity contribution in [2.45, 2.75) is 25.8 Å². The molecule has 2 heteroatoms. The van der Waals surface area contributed by atoms with Crippen molar-refractivity contribution < 1.29 is 4.79 Å². The summed E-state index contributed by atoms with van der Waals surface area (Å²) in [5.74, 6) is 0.667. The monoisotopic (exact) mass is 187 g/mol. The number of rotatable bonds is 1. The van der Waals surface area contributed by atoms with Gasteiger partial charge in [-0.1, -0.05) is 17.7 Å². The fourth-order valence-electron chi connectivity index (χ4n) is 2.42. The van der Waals surface area contributed by atoms with E-state index in [0.717, 1.165) is 18.5 Å². The second-order valence-electron chi connectivity index (χ2n) is 4.37. The minimum Gasteiger partial charge on any atom is -0.309 e. The van der Waals surface area contributed by atoms with E-state index in [4.69, 9.17) is 0 Å². The molecule has 1 saturated carbocycles. The Balaban J connectivity index is 1.96. The van der Waals surface area contributed by atoms with Crippen LogP contribution in [-0.2, 0) is 4.79 Å². The first-order valence-corrected chi connectivity index (χ1v) is 5.15. The van der Waals surface area contributed by atoms with Gasteiger partial charge in [-0.05, 0) is 31.9 Å². The number of carbonyl (C=O) groups excluding carboxylic acids is 1. The molecule has 0 radical (unpaired) electrons. The maximum Gasteiger partial charge on any atom is 0.230 e. The fraction of sp³-hybridized carbons (Fsp3) is 0.417. The Kier molecular flexibility index (Phi) is 1.49. The molecular weight excluding hydrogens is 174 g/mol. The van der Waals surface area contributed by atoms with Crippen LogP contribution in [0, 0.1) is 12.8 Å². The van der Waals surface area contributed by atoms with E-state index in [-0.39, 0.29) is 0 Å². The Morgan fingerprint density at radius 3 is 2.36 bits per heavy atom. The van der Waals surface area contributed by atoms with E-state index in [9.17, 15) is 4.79 Å². The van der Waals surface area contributed by atoms with Crippen LogP contribution in [0.5, 0.6) is 0 Å². The number of anilines is 1. The zero-order valence-corrected chi connectivity index (χ0v) is 8.23. The van der Waals surface area contributed by atoms with Crippen LogP contribution in [0.4, 0.5) is 5.69 Å². The van der Waals surface area contributed by atoms with Crippen LogP contribution < -0.4 is 4.90 Å². The average Bonchev–Trinajstić information content (AvgIpc) is 2.57. The quantitative estimate of drug-likeness (QED) is 0.659. The van der Waals surface area contributed by atoms with Gasteiger partial charge in [-0.3, -0.25) is 4.79 Å². The lowest BCUT2D eigenvalue weighted by atomic mass is 9.86. The zero-order valence-electron chi connectivity index (χ0n) is 8.23. The molecule has 0 N–H and O–H groups in total. The van der Waals surface area contributed by atoms with Crippen LogP contribution in [0.1, 0.15) is 18.4 Å². The molecular formula is C12H13NO. The van der Waals surface area contributed by atoms with Gasteiger partial charge in [0.1, 0.15) is 0 Å². The Morgan fingerprint density at radius 2 is 1.86 bits per heavy atom. The van der Waals surface area contributed by atoms with Gasteiger partial charge in [0.2, 0.25) is 5.91 Å². The van der Waals surface area contributed by atoms with E-state index < -0.39 is 0 Å². The third-order valence-corrected chi connectivity index (χ3v) is 3.38. The maximum absolute atomic E-state index is 11.8. The molecule has 2 heterocycles. The van der Waals surface area contributed by atoms with Gasteiger partial charge in [-0.25, -0.2) is 0 Å². The summed E-state index contributed by atoms with van der Waals surface area (Å²) in [6.45, 7) is 2.06. The predicted octanol–water partition coefficient (Wildman–Crippen LogP) is 2.12. The smallest absolute Gasteiger partial charge is 0.230 e. The molecule has 72 valence electrons. The van der Waals surface area contributed by atoms with E-state index in [1.807, 2.05) is 17.0 Å². The van der Waals surface area contributed by atoms with Gasteiger partial charge in [0.05, 0.1) is 0 Å². The number of aryl methyl sites for hydroxylation is 1. The van der Waals surface area contributed by atoms with Crippen LogP contribution in [0.15, 0.2) is 24.3 Å². The Morgan fingerprint density at radius 1 is 1.21 bits per heavy atom. The highest BCUT2D eigenvalue weighted by molar-refractivity contribution is 6.00. The molecule has 2 saturated heterocycles. The third-order valence-electron chi connectivity index (χ3n) is 3.38. The average molecular weight is 187 g/mol. The van der Waals surface area contributed by atoms with Gasteiger partial charge < -0.3 is 4.90 Å². The summed E-state index contributed by atoms with van der Waals surface area (Å²) in [6, 6.07) is 8.73. The van der Waals surface area contributed by atoms with Crippen molar-refractivity contribution in [3.63, 3.8) is 0 Å². The van der Waals surface area contributed by atoms with Gasteiger partial charge >= 0.3 is 0 Å². The van der Waals surface area contributed by atoms with Crippen LogP contribution >= 0.6 is 0 Å². The number of benzene rings is 1. The van der Waals surface area contributed by atoms with Gasteiger partial charge in [-0.15, -0.1) is 0 Å². The van der Waals surface area contributed by atoms with Crippen molar-refractivity contribution in [3.8, 4) is 0 Å². The molecule has 0 spiro atoms. The summed E-state index contributed by atoms with van der Waals surface area (Å²) in [5, 5.41) is 0. The second-order valence-corrected chi connectivity index (χ2v) is 4.37. The second kappa shape index (κ2) is 2.59. The van der Waals surface area contributed by atoms with E-state index in [1.165, 1.54) is 5.56 Å². The predicted molar refractivity (Wildman–Crippen MR) is 55.2 cm³/mol. The van der Waals surface area contributed by atoms with Gasteiger partial charge in [0.25, 0.3) is 0 Å². The highest BCUT2D eigenvalue weighted by Gasteiger charge is 2.50. The summed E-state index contributed by atoms with van der Waals surface area (Å²) in [7, 11) is 0. The largest absolute Gasteiger partial charge is 0.309 e. The molecule has 3 fully saturated rings. The molecule has 0 unspecified atom stereocenters. The van der Waals surface area contributed by atoms with Crippen molar-refractivity contribution in [1.82, 2.24) is 0 Å². The highest BCUT2D eigenvalue weighted by atomic mass is 16.2. The molecule has 0 atom stereocenters. The first-order chi connectivity index (χ1) is 6.75. The van der Waals surface area contributed by atoms with Gasteiger partial charge in [0, 0.05) is 17.6 Å². The van der Waals surface area contributed by atoms with Gasteiger partial charge in [0.15, 0.2) is 0 Å². The van der Waals surface area contributed by atoms with E-state index in [2.05, 4.69) is 19.1 Å². The maximum atomic E-state index is 11.8. The molecule has 0 aromatic heterocycles. The van der Waals surface area contributed by atoms with Crippen LogP contribution in [0.25, 0.3) is 0 Å². The normalized spacial score (nSPS) is 29.2. The van der Waals surface area contributed by atoms with Crippen LogP contribution in [0.2, 0.25) is 0 Å². The summed E-state index contributed by atoms with van der Waals surface area (Å²) in [6.07, 6.45) is 2.15. The zero-order chi connectivity index (χ0) is 9.71. The fourth-order valence-corrected chi connectivity index (χ4v) is 2.42. The lowest BCUT2D eigenvalue weighted by Gasteiger charge is -2.25. The van der Waals surface area contributed by atoms with Crippen LogP contribution in [-0.4, -0.2) is 11.9 Å². The van der Waals surface area contributed by atoms with E-state index in [1.54, 1.807) is 0 Å². The van der Waals surface area contributed by atoms with Crippen molar-refractivity contribution >= 4 is 11.6 Å². The number of hydrogen-bond donors (Lipinski definition) is 0. The van der Waals surface area contributed by atoms with Crippen molar-refractivity contribution in [3.05, 3.63) is 29.8 Å². The third kappa shape index (κ3) is 0.939. The molecule has 2 bridgehead atoms. The first kappa shape index (κ1) is 8.04. The van der Waals surface area contributed by atoms with E-state index in [0.29, 0.717) is 17.9 Å². The number of amides is 1. The molecule has 1 aromatic rings. The van der Waals surface area contributed by atoms with Crippen molar-refractivity contribution in [1.29, 1.82) is 0 Å². The summed E-state index contributed by atoms with van der Waals surface area (Å²) >= 11 is 0. The Labute approximate surface area is 83.5 Å². The molecule has 2 aliphatic heterocycles. The topological polar surface area (TPSA) is 20.3 Å². The standard InChI is InChI=1S/C12H13NO/c1-8-2-4-10(5-3-8)13-11-6-9(7-11)12(13)14/h2-5,9,11H,6-7H2,1H3. The Bertz CT molecular complexity index is 376. The molecule has 4 rings (SSSR count). The highest BCUT2D eigenvalue weighted by Crippen LogP contribution is 2.44. The number of hydrogen-bond acceptors (Lipinski definition) is 1. The minimum atomic E-state index is 0.332. The number of fused-ring (bicyclic) bond motifs is 1. The molecule has 14 heavy (non-hydrogen) atoms. The van der Waals surface area contributed by atoms with E-state index >= 15 is 0 Å². The molecule has 1 aliphatic carbocycles. The summed E-state index contributed by atoms with van der Waals surface area (Å²) in [4.78, 5) is 13.7. The number of nitrogens with zero attached hydrogens (tertiary/aromatic N) is 1. The summed E-state index contributed by atoms with van der Waals surface area (Å²) < 4.78 is 0. The molecule has 1 aromatic carbocycles. The minimum absolute atomic E-state index is 0.332. The number of carbonyl (C=O) groups is 1. The van der Waals surface area contributed by atoms with Crippen molar-refractivity contribution in [2.24, 2.45) is 5.92 Å². The van der Waals surface area contributed by atoms with Gasteiger partial charge in [-0.2, -0.15) is 0 Å². The molecule has 2 nitrogen and oxygen atoms in total. The summed E-state index contributed by atoms with van der Waals surface area (Å²) in [5.41, 5.74) is 2.32. The molecule has 1 amide bonds. The lowest BCUT2D eigenvalue weighted by molar-refractivity contribution is -0.119.